The van der Waals surface area contributed by atoms with Gasteiger partial charge in [0, 0.05) is 24.0 Å². The monoisotopic (exact) mass is 309 g/mol. The molecule has 0 aromatic carbocycles. The standard InChI is InChI=1S/C17H31N3S/c1-5-13(3)16-15(12-18-4)21-17(19-16)20(6-2)14-10-8-7-9-11-14/h13-14,18H,5-12H2,1-4H3. The summed E-state index contributed by atoms with van der Waals surface area (Å²) >= 11 is 1.91. The van der Waals surface area contributed by atoms with Gasteiger partial charge in [0.15, 0.2) is 5.13 Å². The molecule has 1 heterocycles. The molecule has 1 fully saturated rings. The highest BCUT2D eigenvalue weighted by Crippen LogP contribution is 2.35. The van der Waals surface area contributed by atoms with E-state index in [4.69, 9.17) is 4.98 Å². The van der Waals surface area contributed by atoms with E-state index in [-0.39, 0.29) is 0 Å². The van der Waals surface area contributed by atoms with Gasteiger partial charge in [-0.3, -0.25) is 0 Å². The Balaban J connectivity index is 2.23. The maximum atomic E-state index is 5.05. The zero-order valence-electron chi connectivity index (χ0n) is 14.1. The Kier molecular flexibility index (Phi) is 6.49. The van der Waals surface area contributed by atoms with Crippen molar-refractivity contribution in [2.45, 2.75) is 77.8 Å². The van der Waals surface area contributed by atoms with Gasteiger partial charge < -0.3 is 10.2 Å². The van der Waals surface area contributed by atoms with Crippen LogP contribution in [-0.4, -0.2) is 24.6 Å². The summed E-state index contributed by atoms with van der Waals surface area (Å²) < 4.78 is 0. The summed E-state index contributed by atoms with van der Waals surface area (Å²) in [5, 5.41) is 4.56. The van der Waals surface area contributed by atoms with E-state index in [0.717, 1.165) is 19.5 Å². The first kappa shape index (κ1) is 16.8. The third-order valence-corrected chi connectivity index (χ3v) is 5.84. The SMILES string of the molecule is CCC(C)c1nc(N(CC)C2CCCCC2)sc1CNC. The van der Waals surface area contributed by atoms with E-state index < -0.39 is 0 Å². The van der Waals surface area contributed by atoms with Crippen molar-refractivity contribution in [2.75, 3.05) is 18.5 Å². The van der Waals surface area contributed by atoms with Crippen molar-refractivity contribution < 1.29 is 0 Å². The Morgan fingerprint density at radius 1 is 1.29 bits per heavy atom. The molecule has 4 heteroatoms. The molecule has 1 aromatic rings. The highest BCUT2D eigenvalue weighted by Gasteiger charge is 2.24. The molecule has 1 unspecified atom stereocenters. The van der Waals surface area contributed by atoms with Gasteiger partial charge in [-0.2, -0.15) is 0 Å². The normalized spacial score (nSPS) is 17.9. The van der Waals surface area contributed by atoms with Gasteiger partial charge in [-0.25, -0.2) is 4.98 Å². The lowest BCUT2D eigenvalue weighted by Crippen LogP contribution is -2.36. The second kappa shape index (κ2) is 8.14. The lowest BCUT2D eigenvalue weighted by Gasteiger charge is -2.33. The number of hydrogen-bond donors (Lipinski definition) is 1. The van der Waals surface area contributed by atoms with E-state index in [1.54, 1.807) is 0 Å². The van der Waals surface area contributed by atoms with Gasteiger partial charge in [0.05, 0.1) is 5.69 Å². The van der Waals surface area contributed by atoms with Crippen LogP contribution in [0.3, 0.4) is 0 Å². The van der Waals surface area contributed by atoms with Crippen molar-refractivity contribution in [2.24, 2.45) is 0 Å². The molecule has 1 aromatic heterocycles. The number of hydrogen-bond acceptors (Lipinski definition) is 4. The van der Waals surface area contributed by atoms with Crippen molar-refractivity contribution in [1.82, 2.24) is 10.3 Å². The van der Waals surface area contributed by atoms with Gasteiger partial charge >= 0.3 is 0 Å². The van der Waals surface area contributed by atoms with Crippen LogP contribution in [0.5, 0.6) is 0 Å². The number of anilines is 1. The van der Waals surface area contributed by atoms with Gasteiger partial charge in [0.1, 0.15) is 0 Å². The molecule has 1 N–H and O–H groups in total. The summed E-state index contributed by atoms with van der Waals surface area (Å²) in [5.74, 6) is 0.559. The quantitative estimate of drug-likeness (QED) is 0.802. The van der Waals surface area contributed by atoms with Gasteiger partial charge in [0.2, 0.25) is 0 Å². The molecular formula is C17H31N3S. The third kappa shape index (κ3) is 3.98. The number of thiazole rings is 1. The number of rotatable bonds is 7. The molecule has 3 nitrogen and oxygen atoms in total. The van der Waals surface area contributed by atoms with E-state index in [1.807, 2.05) is 18.4 Å². The fourth-order valence-corrected chi connectivity index (χ4v) is 4.61. The van der Waals surface area contributed by atoms with Crippen LogP contribution in [-0.2, 0) is 6.54 Å². The van der Waals surface area contributed by atoms with Crippen LogP contribution in [0.15, 0.2) is 0 Å². The average Bonchev–Trinajstić information content (AvgIpc) is 2.92. The molecule has 0 aliphatic heterocycles. The molecule has 0 radical (unpaired) electrons. The largest absolute Gasteiger partial charge is 0.345 e. The zero-order valence-corrected chi connectivity index (χ0v) is 14.9. The molecular weight excluding hydrogens is 278 g/mol. The molecule has 0 saturated heterocycles. The first-order valence-corrected chi connectivity index (χ1v) is 9.43. The first-order chi connectivity index (χ1) is 10.2. The van der Waals surface area contributed by atoms with Crippen molar-refractivity contribution in [3.05, 3.63) is 10.6 Å². The van der Waals surface area contributed by atoms with Crippen molar-refractivity contribution >= 4 is 16.5 Å². The Labute approximate surface area is 134 Å². The van der Waals surface area contributed by atoms with Gasteiger partial charge in [-0.1, -0.05) is 33.1 Å². The summed E-state index contributed by atoms with van der Waals surface area (Å²) in [6, 6.07) is 0.710. The second-order valence-electron chi connectivity index (χ2n) is 6.22. The molecule has 1 atom stereocenters. The zero-order chi connectivity index (χ0) is 15.2. The number of nitrogens with zero attached hydrogens (tertiary/aromatic N) is 2. The Morgan fingerprint density at radius 2 is 2.00 bits per heavy atom. The molecule has 21 heavy (non-hydrogen) atoms. The fraction of sp³-hybridized carbons (Fsp3) is 0.824. The highest BCUT2D eigenvalue weighted by molar-refractivity contribution is 7.15. The molecule has 2 rings (SSSR count). The van der Waals surface area contributed by atoms with E-state index in [9.17, 15) is 0 Å². The lowest BCUT2D eigenvalue weighted by molar-refractivity contribution is 0.417. The summed E-state index contributed by atoms with van der Waals surface area (Å²) in [6.07, 6.45) is 8.02. The van der Waals surface area contributed by atoms with Gasteiger partial charge in [-0.05, 0) is 39.2 Å². The minimum absolute atomic E-state index is 0.559. The van der Waals surface area contributed by atoms with Crippen molar-refractivity contribution in [1.29, 1.82) is 0 Å². The molecule has 1 aliphatic carbocycles. The lowest BCUT2D eigenvalue weighted by atomic mass is 9.94. The summed E-state index contributed by atoms with van der Waals surface area (Å²) in [7, 11) is 2.03. The highest BCUT2D eigenvalue weighted by atomic mass is 32.1. The van der Waals surface area contributed by atoms with Crippen LogP contribution in [0.1, 0.15) is 75.8 Å². The van der Waals surface area contributed by atoms with Crippen LogP contribution < -0.4 is 10.2 Å². The van der Waals surface area contributed by atoms with Crippen LogP contribution >= 0.6 is 11.3 Å². The maximum Gasteiger partial charge on any atom is 0.186 e. The second-order valence-corrected chi connectivity index (χ2v) is 7.28. The minimum Gasteiger partial charge on any atom is -0.345 e. The Bertz CT molecular complexity index is 424. The average molecular weight is 310 g/mol. The Morgan fingerprint density at radius 3 is 2.57 bits per heavy atom. The smallest absolute Gasteiger partial charge is 0.186 e. The number of aromatic nitrogens is 1. The van der Waals surface area contributed by atoms with Crippen molar-refractivity contribution in [3.8, 4) is 0 Å². The first-order valence-electron chi connectivity index (χ1n) is 8.62. The van der Waals surface area contributed by atoms with Crippen molar-refractivity contribution in [3.63, 3.8) is 0 Å². The molecule has 0 bridgehead atoms. The number of nitrogens with one attached hydrogen (secondary N) is 1. The molecule has 1 saturated carbocycles. The predicted octanol–water partition coefficient (Wildman–Crippen LogP) is 4.54. The van der Waals surface area contributed by atoms with E-state index in [1.165, 1.54) is 47.8 Å². The minimum atomic E-state index is 0.559. The van der Waals surface area contributed by atoms with Crippen LogP contribution in [0, 0.1) is 0 Å². The third-order valence-electron chi connectivity index (χ3n) is 4.73. The fourth-order valence-electron chi connectivity index (χ4n) is 3.28. The topological polar surface area (TPSA) is 28.2 Å². The van der Waals surface area contributed by atoms with Crippen LogP contribution in [0.25, 0.3) is 0 Å². The molecule has 1 aliphatic rings. The van der Waals surface area contributed by atoms with E-state index in [2.05, 4.69) is 31.0 Å². The van der Waals surface area contributed by atoms with Crippen LogP contribution in [0.4, 0.5) is 5.13 Å². The summed E-state index contributed by atoms with van der Waals surface area (Å²) in [5.41, 5.74) is 1.32. The van der Waals surface area contributed by atoms with Gasteiger partial charge in [0.25, 0.3) is 0 Å². The van der Waals surface area contributed by atoms with E-state index >= 15 is 0 Å². The predicted molar refractivity (Wildman–Crippen MR) is 93.5 cm³/mol. The van der Waals surface area contributed by atoms with Crippen LogP contribution in [0.2, 0.25) is 0 Å². The molecule has 0 spiro atoms. The van der Waals surface area contributed by atoms with E-state index in [0.29, 0.717) is 12.0 Å². The summed E-state index contributed by atoms with van der Waals surface area (Å²) in [4.78, 5) is 9.04. The Hall–Kier alpha value is -0.610. The van der Waals surface area contributed by atoms with Gasteiger partial charge in [-0.15, -0.1) is 11.3 Å². The molecule has 0 amide bonds. The summed E-state index contributed by atoms with van der Waals surface area (Å²) in [6.45, 7) is 8.85. The molecule has 120 valence electrons. The maximum absolute atomic E-state index is 5.05.